The van der Waals surface area contributed by atoms with E-state index in [1.807, 2.05) is 69.3 Å². The van der Waals surface area contributed by atoms with Crippen LogP contribution in [0.2, 0.25) is 0 Å². The summed E-state index contributed by atoms with van der Waals surface area (Å²) in [5.41, 5.74) is 9.74. The van der Waals surface area contributed by atoms with Crippen LogP contribution in [0.4, 0.5) is 0 Å². The highest BCUT2D eigenvalue weighted by molar-refractivity contribution is 6.03. The molecule has 31 heavy (non-hydrogen) atoms. The van der Waals surface area contributed by atoms with E-state index in [2.05, 4.69) is 4.99 Å². The Balaban J connectivity index is 2.33. The number of unbranched alkanes of at least 4 members (excludes halogenated alkanes) is 1. The number of aliphatic carboxylic acids is 1. The number of benzene rings is 2. The number of amides is 1. The minimum absolute atomic E-state index is 0.121. The lowest BCUT2D eigenvalue weighted by atomic mass is 9.97. The Morgan fingerprint density at radius 1 is 1.10 bits per heavy atom. The highest BCUT2D eigenvalue weighted by Gasteiger charge is 2.32. The molecule has 0 bridgehead atoms. The van der Waals surface area contributed by atoms with Gasteiger partial charge in [-0.1, -0.05) is 75.7 Å². The molecule has 0 heterocycles. The molecule has 6 nitrogen and oxygen atoms in total. The summed E-state index contributed by atoms with van der Waals surface area (Å²) in [4.78, 5) is 30.3. The van der Waals surface area contributed by atoms with Gasteiger partial charge in [-0.3, -0.25) is 9.79 Å². The fraction of sp³-hybridized carbons (Fsp3) is 0.400. The van der Waals surface area contributed by atoms with Crippen molar-refractivity contribution >= 4 is 17.7 Å². The third-order valence-electron chi connectivity index (χ3n) is 5.35. The van der Waals surface area contributed by atoms with E-state index < -0.39 is 12.0 Å². The summed E-state index contributed by atoms with van der Waals surface area (Å²) in [6.07, 6.45) is 1.99. The molecule has 166 valence electrons. The van der Waals surface area contributed by atoms with Crippen molar-refractivity contribution < 1.29 is 14.7 Å². The summed E-state index contributed by atoms with van der Waals surface area (Å²) in [6.45, 7) is 5.94. The average molecular weight is 424 g/mol. The first-order valence-electron chi connectivity index (χ1n) is 10.7. The lowest BCUT2D eigenvalue weighted by molar-refractivity contribution is -0.153. The molecular formula is C25H33N3O3. The Labute approximate surface area is 184 Å². The first kappa shape index (κ1) is 24.1. The Morgan fingerprint density at radius 3 is 2.29 bits per heavy atom. The highest BCUT2D eigenvalue weighted by Crippen LogP contribution is 2.25. The molecular weight excluding hydrogens is 390 g/mol. The van der Waals surface area contributed by atoms with Crippen LogP contribution in [0.5, 0.6) is 0 Å². The third-order valence-corrected chi connectivity index (χ3v) is 5.35. The van der Waals surface area contributed by atoms with E-state index in [-0.39, 0.29) is 18.4 Å². The number of rotatable bonds is 10. The van der Waals surface area contributed by atoms with Gasteiger partial charge in [-0.05, 0) is 29.0 Å². The standard InChI is InChI=1S/C25H33N3O3/c1-5-6-11-22(29)28(23(17(2)3)25(30)31)16-18-12-14-19(15-13-18)20-9-7-8-10-21(20)24(26)27-4/h7-10,12-15,17,23H,5-6,11,16H2,1-4H3,(H2,26,27)(H,30,31). The molecule has 0 aromatic heterocycles. The fourth-order valence-corrected chi connectivity index (χ4v) is 3.66. The van der Waals surface area contributed by atoms with Crippen LogP contribution >= 0.6 is 0 Å². The van der Waals surface area contributed by atoms with Crippen molar-refractivity contribution in [3.05, 3.63) is 59.7 Å². The minimum atomic E-state index is -0.972. The smallest absolute Gasteiger partial charge is 0.326 e. The lowest BCUT2D eigenvalue weighted by Gasteiger charge is -2.32. The number of nitrogens with two attached hydrogens (primary N) is 1. The molecule has 2 rings (SSSR count). The van der Waals surface area contributed by atoms with Gasteiger partial charge in [0.1, 0.15) is 11.9 Å². The second-order valence-corrected chi connectivity index (χ2v) is 8.00. The van der Waals surface area contributed by atoms with Crippen LogP contribution in [-0.2, 0) is 16.1 Å². The maximum atomic E-state index is 12.8. The summed E-state index contributed by atoms with van der Waals surface area (Å²) in [7, 11) is 1.66. The van der Waals surface area contributed by atoms with Gasteiger partial charge in [-0.2, -0.15) is 0 Å². The molecule has 2 aromatic rings. The van der Waals surface area contributed by atoms with E-state index in [0.717, 1.165) is 35.1 Å². The first-order valence-corrected chi connectivity index (χ1v) is 10.7. The first-order chi connectivity index (χ1) is 14.8. The van der Waals surface area contributed by atoms with E-state index >= 15 is 0 Å². The lowest BCUT2D eigenvalue weighted by Crippen LogP contribution is -2.47. The molecule has 0 saturated carbocycles. The van der Waals surface area contributed by atoms with Gasteiger partial charge in [0.05, 0.1) is 0 Å². The van der Waals surface area contributed by atoms with Gasteiger partial charge >= 0.3 is 5.97 Å². The summed E-state index contributed by atoms with van der Waals surface area (Å²) in [5.74, 6) is -0.817. The van der Waals surface area contributed by atoms with Crippen LogP contribution < -0.4 is 5.73 Å². The summed E-state index contributed by atoms with van der Waals surface area (Å²) < 4.78 is 0. The summed E-state index contributed by atoms with van der Waals surface area (Å²) in [6, 6.07) is 14.7. The fourth-order valence-electron chi connectivity index (χ4n) is 3.66. The predicted octanol–water partition coefficient (Wildman–Crippen LogP) is 4.32. The van der Waals surface area contributed by atoms with Crippen LogP contribution in [0, 0.1) is 5.92 Å². The zero-order valence-corrected chi connectivity index (χ0v) is 18.8. The van der Waals surface area contributed by atoms with E-state index in [1.54, 1.807) is 7.05 Å². The number of nitrogens with zero attached hydrogens (tertiary/aromatic N) is 2. The van der Waals surface area contributed by atoms with Crippen molar-refractivity contribution in [2.75, 3.05) is 7.05 Å². The van der Waals surface area contributed by atoms with Crippen molar-refractivity contribution in [2.24, 2.45) is 16.6 Å². The SMILES string of the molecule is CCCCC(=O)N(Cc1ccc(-c2ccccc2C(N)=NC)cc1)C(C(=O)O)C(C)C. The molecule has 0 aliphatic carbocycles. The number of hydrogen-bond donors (Lipinski definition) is 2. The Bertz CT molecular complexity index is 920. The quantitative estimate of drug-likeness (QED) is 0.439. The van der Waals surface area contributed by atoms with Gasteiger partial charge in [0.15, 0.2) is 0 Å². The molecule has 6 heteroatoms. The Morgan fingerprint density at radius 2 is 1.74 bits per heavy atom. The zero-order valence-electron chi connectivity index (χ0n) is 18.8. The third kappa shape index (κ3) is 6.17. The van der Waals surface area contributed by atoms with E-state index in [1.165, 1.54) is 4.90 Å². The second kappa shape index (κ2) is 11.3. The summed E-state index contributed by atoms with van der Waals surface area (Å²) >= 11 is 0. The van der Waals surface area contributed by atoms with E-state index in [9.17, 15) is 14.7 Å². The van der Waals surface area contributed by atoms with Gasteiger partial charge in [0.2, 0.25) is 5.91 Å². The summed E-state index contributed by atoms with van der Waals surface area (Å²) in [5, 5.41) is 9.75. The molecule has 1 unspecified atom stereocenters. The molecule has 1 amide bonds. The van der Waals surface area contributed by atoms with Gasteiger partial charge < -0.3 is 15.7 Å². The van der Waals surface area contributed by atoms with Gasteiger partial charge in [0, 0.05) is 25.6 Å². The van der Waals surface area contributed by atoms with Crippen LogP contribution in [-0.4, -0.2) is 40.8 Å². The van der Waals surface area contributed by atoms with Crippen molar-refractivity contribution in [3.8, 4) is 11.1 Å². The number of carbonyl (C=O) groups excluding carboxylic acids is 1. The second-order valence-electron chi connectivity index (χ2n) is 8.00. The maximum absolute atomic E-state index is 12.8. The number of carboxylic acid groups (broad SMARTS) is 1. The monoisotopic (exact) mass is 423 g/mol. The van der Waals surface area contributed by atoms with Gasteiger partial charge in [0.25, 0.3) is 0 Å². The van der Waals surface area contributed by atoms with Crippen molar-refractivity contribution in [1.82, 2.24) is 4.90 Å². The molecule has 0 radical (unpaired) electrons. The van der Waals surface area contributed by atoms with Crippen LogP contribution in [0.3, 0.4) is 0 Å². The van der Waals surface area contributed by atoms with Gasteiger partial charge in [-0.25, -0.2) is 4.79 Å². The largest absolute Gasteiger partial charge is 0.480 e. The Kier molecular flexibility index (Phi) is 8.79. The van der Waals surface area contributed by atoms with Crippen LogP contribution in [0.15, 0.2) is 53.5 Å². The highest BCUT2D eigenvalue weighted by atomic mass is 16.4. The zero-order chi connectivity index (χ0) is 23.0. The number of amidine groups is 1. The predicted molar refractivity (Wildman–Crippen MR) is 125 cm³/mol. The maximum Gasteiger partial charge on any atom is 0.326 e. The topological polar surface area (TPSA) is 96.0 Å². The van der Waals surface area contributed by atoms with Crippen molar-refractivity contribution in [2.45, 2.75) is 52.6 Å². The average Bonchev–Trinajstić information content (AvgIpc) is 2.76. The molecule has 0 aliphatic rings. The number of carboxylic acids is 1. The van der Waals surface area contributed by atoms with Crippen molar-refractivity contribution in [3.63, 3.8) is 0 Å². The van der Waals surface area contributed by atoms with E-state index in [0.29, 0.717) is 12.3 Å². The van der Waals surface area contributed by atoms with Crippen LogP contribution in [0.25, 0.3) is 11.1 Å². The normalized spacial score (nSPS) is 12.6. The molecule has 0 spiro atoms. The van der Waals surface area contributed by atoms with E-state index in [4.69, 9.17) is 5.73 Å². The molecule has 0 aliphatic heterocycles. The van der Waals surface area contributed by atoms with Gasteiger partial charge in [-0.15, -0.1) is 0 Å². The van der Waals surface area contributed by atoms with Crippen molar-refractivity contribution in [1.29, 1.82) is 0 Å². The Hall–Kier alpha value is -3.15. The molecule has 3 N–H and O–H groups in total. The molecule has 0 fully saturated rings. The number of hydrogen-bond acceptors (Lipinski definition) is 3. The molecule has 2 aromatic carbocycles. The molecule has 1 atom stereocenters. The number of aliphatic imine (C=N–C) groups is 1. The van der Waals surface area contributed by atoms with Crippen LogP contribution in [0.1, 0.15) is 51.2 Å². The number of carbonyl (C=O) groups is 2. The molecule has 0 saturated heterocycles. The minimum Gasteiger partial charge on any atom is -0.480 e.